The second-order valence-corrected chi connectivity index (χ2v) is 16.2. The van der Waals surface area contributed by atoms with Crippen LogP contribution in [0.2, 0.25) is 5.02 Å². The molecule has 2 N–H and O–H groups in total. The maximum Gasteiger partial charge on any atom is 0.318 e. The van der Waals surface area contributed by atoms with Gasteiger partial charge in [0, 0.05) is 74.4 Å². The van der Waals surface area contributed by atoms with Crippen molar-refractivity contribution in [1.29, 1.82) is 0 Å². The Hall–Kier alpha value is -3.53. The minimum absolute atomic E-state index is 0.153. The number of amides is 1. The van der Waals surface area contributed by atoms with Crippen LogP contribution in [-0.4, -0.2) is 87.5 Å². The van der Waals surface area contributed by atoms with E-state index in [9.17, 15) is 9.18 Å². The Bertz CT molecular complexity index is 1900. The summed E-state index contributed by atoms with van der Waals surface area (Å²) in [5.41, 5.74) is 13.6. The number of hydrogen-bond donors (Lipinski definition) is 1. The van der Waals surface area contributed by atoms with E-state index in [0.29, 0.717) is 56.0 Å². The second kappa shape index (κ2) is 13.2. The summed E-state index contributed by atoms with van der Waals surface area (Å²) in [4.78, 5) is 29.1. The summed E-state index contributed by atoms with van der Waals surface area (Å²) in [6.45, 7) is 5.42. The summed E-state index contributed by atoms with van der Waals surface area (Å²) >= 11 is 8.77. The standard InChI is InChI=1S/C37H44ClFN8O2S/c1-4-7-23-14-25(40)15-26(31(23)22-8-9-22)30-16-28-27(20-50-30)34(42-36(41-28)49-21-37-10-5-12-46(37)18-24(39)17-37)45-11-6-13-47-29(19-45)32(38)33(43-47)35(48)44(2)3/h14-15,22,24,30H,5-6,8-13,16-21,40H2,1-3H3/t24-,30?,37+/m1/s1. The summed E-state index contributed by atoms with van der Waals surface area (Å²) in [6.07, 6.45) is 5.43. The molecule has 6 heterocycles. The zero-order chi connectivity index (χ0) is 34.7. The minimum atomic E-state index is -0.839. The number of rotatable bonds is 7. The van der Waals surface area contributed by atoms with Crippen LogP contribution in [0.3, 0.4) is 0 Å². The molecule has 1 saturated carbocycles. The molecule has 4 aliphatic heterocycles. The van der Waals surface area contributed by atoms with E-state index in [1.54, 1.807) is 14.1 Å². The van der Waals surface area contributed by atoms with Crippen molar-refractivity contribution in [2.24, 2.45) is 0 Å². The predicted octanol–water partition coefficient (Wildman–Crippen LogP) is 5.76. The van der Waals surface area contributed by atoms with Crippen molar-refractivity contribution in [3.63, 3.8) is 0 Å². The van der Waals surface area contributed by atoms with Crippen molar-refractivity contribution in [2.75, 3.05) is 51.0 Å². The molecule has 3 fully saturated rings. The van der Waals surface area contributed by atoms with Crippen molar-refractivity contribution in [3.05, 3.63) is 56.5 Å². The highest BCUT2D eigenvalue weighted by Gasteiger charge is 2.49. The number of halogens is 2. The lowest BCUT2D eigenvalue weighted by atomic mass is 9.92. The molecule has 1 unspecified atom stereocenters. The van der Waals surface area contributed by atoms with Crippen LogP contribution in [-0.2, 0) is 25.3 Å². The van der Waals surface area contributed by atoms with Gasteiger partial charge in [-0.2, -0.15) is 15.1 Å². The number of fused-ring (bicyclic) bond motifs is 3. The van der Waals surface area contributed by atoms with E-state index >= 15 is 0 Å². The summed E-state index contributed by atoms with van der Waals surface area (Å²) in [6, 6.07) is 4.49. The quantitative estimate of drug-likeness (QED) is 0.241. The average Bonchev–Trinajstić information content (AvgIpc) is 3.75. The Balaban J connectivity index is 1.16. The lowest BCUT2D eigenvalue weighted by Crippen LogP contribution is -2.43. The molecule has 10 nitrogen and oxygen atoms in total. The first kappa shape index (κ1) is 33.6. The molecule has 0 spiro atoms. The minimum Gasteiger partial charge on any atom is -0.461 e. The highest BCUT2D eigenvalue weighted by molar-refractivity contribution is 7.98. The number of thioether (sulfide) groups is 1. The Morgan fingerprint density at radius 1 is 1.22 bits per heavy atom. The molecule has 0 bridgehead atoms. The van der Waals surface area contributed by atoms with Gasteiger partial charge in [0.15, 0.2) is 5.69 Å². The fourth-order valence-electron chi connectivity index (χ4n) is 8.45. The van der Waals surface area contributed by atoms with E-state index in [1.807, 2.05) is 29.4 Å². The van der Waals surface area contributed by atoms with Crippen molar-refractivity contribution < 1.29 is 13.9 Å². The molecule has 2 saturated heterocycles. The van der Waals surface area contributed by atoms with Gasteiger partial charge in [0.2, 0.25) is 0 Å². The summed E-state index contributed by atoms with van der Waals surface area (Å²) in [5.74, 6) is 8.27. The normalized spacial score (nSPS) is 24.5. The molecule has 8 rings (SSSR count). The van der Waals surface area contributed by atoms with E-state index in [-0.39, 0.29) is 22.4 Å². The number of nitrogens with zero attached hydrogens (tertiary/aromatic N) is 7. The monoisotopic (exact) mass is 718 g/mol. The first-order chi connectivity index (χ1) is 24.1. The van der Waals surface area contributed by atoms with Gasteiger partial charge in [0.05, 0.1) is 28.5 Å². The zero-order valence-electron chi connectivity index (χ0n) is 29.0. The zero-order valence-corrected chi connectivity index (χ0v) is 30.5. The van der Waals surface area contributed by atoms with Crippen molar-refractivity contribution >= 4 is 40.8 Å². The molecule has 1 amide bonds. The van der Waals surface area contributed by atoms with Gasteiger partial charge in [0.25, 0.3) is 5.91 Å². The molecule has 1 aromatic carbocycles. The number of aryl methyl sites for hydroxylation is 1. The number of nitrogen functional groups attached to an aromatic ring is 1. The van der Waals surface area contributed by atoms with E-state index in [1.165, 1.54) is 28.9 Å². The highest BCUT2D eigenvalue weighted by Crippen LogP contribution is 2.51. The molecule has 3 atom stereocenters. The maximum atomic E-state index is 14.6. The number of ether oxygens (including phenoxy) is 1. The second-order valence-electron chi connectivity index (χ2n) is 14.7. The molecule has 5 aliphatic rings. The highest BCUT2D eigenvalue weighted by atomic mass is 35.5. The maximum absolute atomic E-state index is 14.6. The third-order valence-electron chi connectivity index (χ3n) is 11.0. The summed E-state index contributed by atoms with van der Waals surface area (Å²) in [5, 5.41) is 5.16. The number of carbonyl (C=O) groups is 1. The summed E-state index contributed by atoms with van der Waals surface area (Å²) < 4.78 is 23.0. The number of carbonyl (C=O) groups excluding carboxylic acids is 1. The first-order valence-electron chi connectivity index (χ1n) is 17.7. The van der Waals surface area contributed by atoms with Crippen LogP contribution in [0.5, 0.6) is 6.01 Å². The number of alkyl halides is 1. The van der Waals surface area contributed by atoms with Gasteiger partial charge in [-0.05, 0) is 74.8 Å². The van der Waals surface area contributed by atoms with Crippen molar-refractivity contribution in [1.82, 2.24) is 29.5 Å². The largest absolute Gasteiger partial charge is 0.461 e. The van der Waals surface area contributed by atoms with Gasteiger partial charge in [-0.15, -0.1) is 17.7 Å². The van der Waals surface area contributed by atoms with Crippen LogP contribution in [0.1, 0.15) is 101 Å². The molecule has 0 radical (unpaired) electrons. The SMILES string of the molecule is CC#Cc1cc(N)cc(C2Cc3nc(OC[C@@]45CCCN4C[C@H](F)C5)nc(N4CCCn5nc(C(=O)N(C)C)c(Cl)c5C4)c3CS2)c1C1CC1. The third-order valence-corrected chi connectivity index (χ3v) is 12.6. The third kappa shape index (κ3) is 6.09. The van der Waals surface area contributed by atoms with Gasteiger partial charge in [-0.3, -0.25) is 14.4 Å². The predicted molar refractivity (Wildman–Crippen MR) is 195 cm³/mol. The van der Waals surface area contributed by atoms with Crippen LogP contribution in [0, 0.1) is 11.8 Å². The molecule has 2 aromatic heterocycles. The van der Waals surface area contributed by atoms with Crippen LogP contribution in [0.15, 0.2) is 12.1 Å². The van der Waals surface area contributed by atoms with Gasteiger partial charge >= 0.3 is 6.01 Å². The van der Waals surface area contributed by atoms with Crippen LogP contribution < -0.4 is 15.4 Å². The van der Waals surface area contributed by atoms with Gasteiger partial charge in [-0.25, -0.2) is 4.39 Å². The van der Waals surface area contributed by atoms with Gasteiger partial charge < -0.3 is 20.3 Å². The van der Waals surface area contributed by atoms with E-state index < -0.39 is 6.17 Å². The Morgan fingerprint density at radius 2 is 2.06 bits per heavy atom. The molecule has 264 valence electrons. The Kier molecular flexibility index (Phi) is 8.89. The molecular formula is C37H44ClFN8O2S. The van der Waals surface area contributed by atoms with Crippen LogP contribution >= 0.6 is 23.4 Å². The van der Waals surface area contributed by atoms with Gasteiger partial charge in [-0.1, -0.05) is 17.5 Å². The lowest BCUT2D eigenvalue weighted by Gasteiger charge is -2.33. The van der Waals surface area contributed by atoms with Crippen molar-refractivity contribution in [3.8, 4) is 17.9 Å². The lowest BCUT2D eigenvalue weighted by molar-refractivity contribution is 0.0821. The Labute approximate surface area is 302 Å². The summed E-state index contributed by atoms with van der Waals surface area (Å²) in [7, 11) is 3.41. The molecule has 1 aliphatic carbocycles. The molecule has 3 aromatic rings. The number of aromatic nitrogens is 4. The van der Waals surface area contributed by atoms with Gasteiger partial charge in [0.1, 0.15) is 18.6 Å². The number of hydrogen-bond acceptors (Lipinski definition) is 9. The Morgan fingerprint density at radius 3 is 2.84 bits per heavy atom. The fraction of sp³-hybridized carbons (Fsp3) is 0.568. The molecule has 50 heavy (non-hydrogen) atoms. The number of anilines is 2. The van der Waals surface area contributed by atoms with E-state index in [2.05, 4.69) is 32.8 Å². The topological polar surface area (TPSA) is 106 Å². The number of nitrogens with two attached hydrogens (primary N) is 1. The molecular weight excluding hydrogens is 675 g/mol. The average molecular weight is 719 g/mol. The van der Waals surface area contributed by atoms with Crippen LogP contribution in [0.25, 0.3) is 0 Å². The van der Waals surface area contributed by atoms with E-state index in [4.69, 9.17) is 32.0 Å². The van der Waals surface area contributed by atoms with E-state index in [0.717, 1.165) is 72.1 Å². The molecule has 13 heteroatoms. The number of benzene rings is 1. The van der Waals surface area contributed by atoms with Crippen LogP contribution in [0.4, 0.5) is 15.9 Å². The first-order valence-corrected chi connectivity index (χ1v) is 19.2. The van der Waals surface area contributed by atoms with Crippen molar-refractivity contribution in [2.45, 2.75) is 93.6 Å². The smallest absolute Gasteiger partial charge is 0.318 e. The fourth-order valence-corrected chi connectivity index (χ4v) is 10.0.